The summed E-state index contributed by atoms with van der Waals surface area (Å²) in [7, 11) is 1.66. The molecular weight excluding hydrogens is 254 g/mol. The van der Waals surface area contributed by atoms with E-state index in [0.29, 0.717) is 38.2 Å². The van der Waals surface area contributed by atoms with Gasteiger partial charge in [0.05, 0.1) is 19.8 Å². The Labute approximate surface area is 113 Å². The van der Waals surface area contributed by atoms with Crippen LogP contribution in [0.25, 0.3) is 0 Å². The summed E-state index contributed by atoms with van der Waals surface area (Å²) in [6.07, 6.45) is 0.829. The average Bonchev–Trinajstić information content (AvgIpc) is 2.37. The summed E-state index contributed by atoms with van der Waals surface area (Å²) in [4.78, 5) is 4.29. The number of nitrogens with zero attached hydrogens (tertiary/aromatic N) is 1. The molecule has 5 heteroatoms. The second kappa shape index (κ2) is 9.14. The predicted molar refractivity (Wildman–Crippen MR) is 71.3 cm³/mol. The first kappa shape index (κ1) is 15.2. The zero-order chi connectivity index (χ0) is 13.2. The van der Waals surface area contributed by atoms with Gasteiger partial charge in [-0.1, -0.05) is 0 Å². The van der Waals surface area contributed by atoms with E-state index >= 15 is 0 Å². The van der Waals surface area contributed by atoms with Crippen LogP contribution in [-0.2, 0) is 15.4 Å². The van der Waals surface area contributed by atoms with Gasteiger partial charge >= 0.3 is 0 Å². The molecule has 0 aliphatic carbocycles. The van der Waals surface area contributed by atoms with Crippen LogP contribution in [0.3, 0.4) is 0 Å². The summed E-state index contributed by atoms with van der Waals surface area (Å²) in [6, 6.07) is 3.82. The minimum Gasteiger partial charge on any atom is -0.478 e. The number of ether oxygens (including phenoxy) is 3. The molecule has 0 spiro atoms. The third-order valence-corrected chi connectivity index (χ3v) is 2.57. The quantitative estimate of drug-likeness (QED) is 0.512. The Bertz CT molecular complexity index is 347. The van der Waals surface area contributed by atoms with E-state index in [4.69, 9.17) is 25.8 Å². The molecule has 18 heavy (non-hydrogen) atoms. The lowest BCUT2D eigenvalue weighted by Gasteiger charge is -2.08. The molecule has 1 aromatic heterocycles. The molecule has 0 saturated carbocycles. The predicted octanol–water partition coefficient (Wildman–Crippen LogP) is 2.56. The topological polar surface area (TPSA) is 40.6 Å². The van der Waals surface area contributed by atoms with E-state index in [1.807, 2.05) is 19.1 Å². The van der Waals surface area contributed by atoms with E-state index in [9.17, 15) is 0 Å². The molecule has 0 aliphatic heterocycles. The third kappa shape index (κ3) is 6.19. The van der Waals surface area contributed by atoms with Gasteiger partial charge in [0.1, 0.15) is 0 Å². The molecule has 0 aliphatic rings. The number of hydrogen-bond donors (Lipinski definition) is 0. The van der Waals surface area contributed by atoms with Crippen molar-refractivity contribution in [1.82, 2.24) is 4.98 Å². The Kier molecular flexibility index (Phi) is 7.73. The van der Waals surface area contributed by atoms with Crippen molar-refractivity contribution in [1.29, 1.82) is 0 Å². The van der Waals surface area contributed by atoms with Crippen molar-refractivity contribution < 1.29 is 14.2 Å². The number of aryl methyl sites for hydroxylation is 1. The molecule has 0 radical (unpaired) electrons. The Balaban J connectivity index is 2.20. The summed E-state index contributed by atoms with van der Waals surface area (Å²) < 4.78 is 15.8. The number of aromatic nitrogens is 1. The molecule has 0 atom stereocenters. The van der Waals surface area contributed by atoms with Crippen molar-refractivity contribution in [2.45, 2.75) is 19.2 Å². The maximum Gasteiger partial charge on any atom is 0.213 e. The molecule has 0 aromatic carbocycles. The van der Waals surface area contributed by atoms with Crippen LogP contribution in [0.4, 0.5) is 0 Å². The maximum absolute atomic E-state index is 5.79. The fraction of sp³-hybridized carbons (Fsp3) is 0.615. The molecule has 102 valence electrons. The van der Waals surface area contributed by atoms with Crippen molar-refractivity contribution in [2.75, 3.05) is 33.5 Å². The summed E-state index contributed by atoms with van der Waals surface area (Å²) in [5.74, 6) is 1.10. The monoisotopic (exact) mass is 273 g/mol. The third-order valence-electron chi connectivity index (χ3n) is 2.26. The van der Waals surface area contributed by atoms with Gasteiger partial charge in [0.25, 0.3) is 0 Å². The van der Waals surface area contributed by atoms with Crippen molar-refractivity contribution in [2.24, 2.45) is 0 Å². The van der Waals surface area contributed by atoms with Gasteiger partial charge in [0.15, 0.2) is 0 Å². The first-order chi connectivity index (χ1) is 8.76. The normalized spacial score (nSPS) is 10.6. The van der Waals surface area contributed by atoms with Crippen LogP contribution in [0.5, 0.6) is 5.88 Å². The van der Waals surface area contributed by atoms with Crippen molar-refractivity contribution in [3.05, 3.63) is 23.4 Å². The van der Waals surface area contributed by atoms with Crippen molar-refractivity contribution in [3.63, 3.8) is 0 Å². The van der Waals surface area contributed by atoms with Gasteiger partial charge in [0, 0.05) is 37.8 Å². The number of methoxy groups -OCH3 is 1. The summed E-state index contributed by atoms with van der Waals surface area (Å²) in [5, 5.41) is 0. The standard InChI is InChI=1S/C13H20ClNO3/c1-11-8-12(10-14)9-13(15-11)18-5-3-4-17-7-6-16-2/h8-9H,3-7,10H2,1-2H3. The molecule has 0 unspecified atom stereocenters. The number of rotatable bonds is 9. The van der Waals surface area contributed by atoms with Crippen LogP contribution in [0.15, 0.2) is 12.1 Å². The lowest BCUT2D eigenvalue weighted by Crippen LogP contribution is -2.07. The fourth-order valence-electron chi connectivity index (χ4n) is 1.44. The lowest BCUT2D eigenvalue weighted by molar-refractivity contribution is 0.0642. The Morgan fingerprint density at radius 2 is 2.00 bits per heavy atom. The van der Waals surface area contributed by atoms with E-state index < -0.39 is 0 Å². The van der Waals surface area contributed by atoms with E-state index in [-0.39, 0.29) is 0 Å². The van der Waals surface area contributed by atoms with Crippen LogP contribution in [-0.4, -0.2) is 38.5 Å². The van der Waals surface area contributed by atoms with Crippen molar-refractivity contribution >= 4 is 11.6 Å². The highest BCUT2D eigenvalue weighted by Gasteiger charge is 2.00. The fourth-order valence-corrected chi connectivity index (χ4v) is 1.59. The number of alkyl halides is 1. The highest BCUT2D eigenvalue weighted by molar-refractivity contribution is 6.17. The molecular formula is C13H20ClNO3. The first-order valence-electron chi connectivity index (χ1n) is 5.99. The van der Waals surface area contributed by atoms with Gasteiger partial charge in [-0.25, -0.2) is 4.98 Å². The van der Waals surface area contributed by atoms with E-state index in [0.717, 1.165) is 17.7 Å². The SMILES string of the molecule is COCCOCCCOc1cc(CCl)cc(C)n1. The van der Waals surface area contributed by atoms with Crippen LogP contribution >= 0.6 is 11.6 Å². The molecule has 1 rings (SSSR count). The zero-order valence-electron chi connectivity index (χ0n) is 10.9. The highest BCUT2D eigenvalue weighted by atomic mass is 35.5. The summed E-state index contributed by atoms with van der Waals surface area (Å²) >= 11 is 5.79. The Morgan fingerprint density at radius 3 is 2.72 bits per heavy atom. The number of halogens is 1. The van der Waals surface area contributed by atoms with Crippen molar-refractivity contribution in [3.8, 4) is 5.88 Å². The molecule has 1 aromatic rings. The average molecular weight is 274 g/mol. The maximum atomic E-state index is 5.79. The van der Waals surface area contributed by atoms with E-state index in [1.54, 1.807) is 7.11 Å². The molecule has 1 heterocycles. The van der Waals surface area contributed by atoms with Gasteiger partial charge in [-0.3, -0.25) is 0 Å². The molecule has 0 saturated heterocycles. The van der Waals surface area contributed by atoms with Crippen LogP contribution in [0.2, 0.25) is 0 Å². The Morgan fingerprint density at radius 1 is 1.17 bits per heavy atom. The molecule has 0 amide bonds. The highest BCUT2D eigenvalue weighted by Crippen LogP contribution is 2.14. The molecule has 0 bridgehead atoms. The summed E-state index contributed by atoms with van der Waals surface area (Å²) in [6.45, 7) is 4.43. The minimum atomic E-state index is 0.472. The molecule has 0 N–H and O–H groups in total. The lowest BCUT2D eigenvalue weighted by atomic mass is 10.2. The largest absolute Gasteiger partial charge is 0.478 e. The Hall–Kier alpha value is -0.840. The number of pyridine rings is 1. The van der Waals surface area contributed by atoms with Gasteiger partial charge in [-0.15, -0.1) is 11.6 Å². The molecule has 0 fully saturated rings. The van der Waals surface area contributed by atoms with Gasteiger partial charge < -0.3 is 14.2 Å². The number of hydrogen-bond acceptors (Lipinski definition) is 4. The summed E-state index contributed by atoms with van der Waals surface area (Å²) in [5.41, 5.74) is 1.94. The zero-order valence-corrected chi connectivity index (χ0v) is 11.7. The smallest absolute Gasteiger partial charge is 0.213 e. The van der Waals surface area contributed by atoms with Crippen LogP contribution in [0, 0.1) is 6.92 Å². The van der Waals surface area contributed by atoms with Gasteiger partial charge in [-0.2, -0.15) is 0 Å². The van der Waals surface area contributed by atoms with Crippen LogP contribution < -0.4 is 4.74 Å². The minimum absolute atomic E-state index is 0.472. The second-order valence-electron chi connectivity index (χ2n) is 3.90. The first-order valence-corrected chi connectivity index (χ1v) is 6.52. The molecule has 4 nitrogen and oxygen atoms in total. The van der Waals surface area contributed by atoms with E-state index in [2.05, 4.69) is 4.98 Å². The second-order valence-corrected chi connectivity index (χ2v) is 4.16. The van der Waals surface area contributed by atoms with Gasteiger partial charge in [-0.05, 0) is 18.6 Å². The van der Waals surface area contributed by atoms with E-state index in [1.165, 1.54) is 0 Å². The van der Waals surface area contributed by atoms with Gasteiger partial charge in [0.2, 0.25) is 5.88 Å². The van der Waals surface area contributed by atoms with Crippen LogP contribution in [0.1, 0.15) is 17.7 Å².